The van der Waals surface area contributed by atoms with Gasteiger partial charge in [-0.2, -0.15) is 0 Å². The first kappa shape index (κ1) is 17.2. The van der Waals surface area contributed by atoms with E-state index in [1.807, 2.05) is 26.1 Å². The van der Waals surface area contributed by atoms with Crippen LogP contribution in [0.3, 0.4) is 0 Å². The van der Waals surface area contributed by atoms with Crippen molar-refractivity contribution in [2.45, 2.75) is 32.9 Å². The Morgan fingerprint density at radius 3 is 2.38 bits per heavy atom. The molecule has 0 saturated carbocycles. The molecule has 116 valence electrons. The normalized spacial score (nSPS) is 13.3. The molecule has 5 heteroatoms. The van der Waals surface area contributed by atoms with Gasteiger partial charge in [0.05, 0.1) is 7.05 Å². The molecule has 2 atom stereocenters. The molecular weight excluding hydrogens is 266 g/mol. The number of amides is 2. The molecule has 1 aromatic carbocycles. The number of carbonyl (C=O) groups excluding carboxylic acids is 2. The molecule has 21 heavy (non-hydrogen) atoms. The van der Waals surface area contributed by atoms with Crippen LogP contribution in [0, 0.1) is 0 Å². The molecule has 0 aromatic heterocycles. The van der Waals surface area contributed by atoms with Gasteiger partial charge < -0.3 is 15.5 Å². The second-order valence-corrected chi connectivity index (χ2v) is 5.46. The lowest BCUT2D eigenvalue weighted by molar-refractivity contribution is -0.885. The molecule has 0 bridgehead atoms. The number of likely N-dealkylation sites (N-methyl/N-ethyl adjacent to an activating group) is 1. The van der Waals surface area contributed by atoms with E-state index in [0.717, 1.165) is 23.4 Å². The Kier molecular flexibility index (Phi) is 6.88. The maximum absolute atomic E-state index is 11.8. The quantitative estimate of drug-likeness (QED) is 0.661. The van der Waals surface area contributed by atoms with E-state index in [0.29, 0.717) is 12.1 Å². The maximum atomic E-state index is 11.8. The van der Waals surface area contributed by atoms with E-state index in [9.17, 15) is 9.59 Å². The smallest absolute Gasteiger partial charge is 0.275 e. The molecule has 5 nitrogen and oxygen atoms in total. The summed E-state index contributed by atoms with van der Waals surface area (Å²) in [5, 5.41) is 5.56. The zero-order chi connectivity index (χ0) is 15.8. The van der Waals surface area contributed by atoms with Crippen LogP contribution in [0.5, 0.6) is 0 Å². The standard InChI is InChI=1S/C16H25N3O2/c1-5-12(2)18-15(20)11-19(4)10-13-6-8-14(9-7-13)16(21)17-3/h6-9,12H,5,10-11H2,1-4H3,(H,17,21)(H,18,20)/p+1/t12-/m0/s1. The van der Waals surface area contributed by atoms with E-state index >= 15 is 0 Å². The molecular formula is C16H26N3O2+. The van der Waals surface area contributed by atoms with Gasteiger partial charge >= 0.3 is 0 Å². The van der Waals surface area contributed by atoms with Crippen molar-refractivity contribution in [1.82, 2.24) is 10.6 Å². The van der Waals surface area contributed by atoms with Crippen LogP contribution >= 0.6 is 0 Å². The van der Waals surface area contributed by atoms with Gasteiger partial charge in [0.2, 0.25) is 0 Å². The van der Waals surface area contributed by atoms with E-state index in [-0.39, 0.29) is 17.9 Å². The van der Waals surface area contributed by atoms with E-state index in [1.54, 1.807) is 19.2 Å². The molecule has 3 N–H and O–H groups in total. The van der Waals surface area contributed by atoms with E-state index < -0.39 is 0 Å². The molecule has 0 saturated heterocycles. The molecule has 1 rings (SSSR count). The fourth-order valence-corrected chi connectivity index (χ4v) is 2.03. The number of hydrogen-bond donors (Lipinski definition) is 3. The molecule has 0 aliphatic rings. The highest BCUT2D eigenvalue weighted by Gasteiger charge is 2.12. The summed E-state index contributed by atoms with van der Waals surface area (Å²) in [6, 6.07) is 7.69. The molecule has 0 aliphatic carbocycles. The maximum Gasteiger partial charge on any atom is 0.275 e. The fourth-order valence-electron chi connectivity index (χ4n) is 2.03. The highest BCUT2D eigenvalue weighted by molar-refractivity contribution is 5.93. The van der Waals surface area contributed by atoms with Gasteiger partial charge in [0, 0.05) is 24.2 Å². The van der Waals surface area contributed by atoms with Gasteiger partial charge in [0.15, 0.2) is 6.54 Å². The summed E-state index contributed by atoms with van der Waals surface area (Å²) in [6.45, 7) is 5.25. The number of benzene rings is 1. The van der Waals surface area contributed by atoms with Crippen molar-refractivity contribution in [1.29, 1.82) is 0 Å². The third-order valence-electron chi connectivity index (χ3n) is 3.43. The van der Waals surface area contributed by atoms with Crippen molar-refractivity contribution >= 4 is 11.8 Å². The highest BCUT2D eigenvalue weighted by atomic mass is 16.2. The number of nitrogens with one attached hydrogen (secondary N) is 3. The summed E-state index contributed by atoms with van der Waals surface area (Å²) in [5.74, 6) is -0.0148. The van der Waals surface area contributed by atoms with Gasteiger partial charge in [-0.15, -0.1) is 0 Å². The van der Waals surface area contributed by atoms with E-state index in [1.165, 1.54) is 0 Å². The highest BCUT2D eigenvalue weighted by Crippen LogP contribution is 2.03. The van der Waals surface area contributed by atoms with Crippen LogP contribution in [0.1, 0.15) is 36.2 Å². The first-order chi connectivity index (χ1) is 9.96. The summed E-state index contributed by atoms with van der Waals surface area (Å²) in [6.07, 6.45) is 0.936. The van der Waals surface area contributed by atoms with Crippen molar-refractivity contribution in [3.8, 4) is 0 Å². The molecule has 0 spiro atoms. The van der Waals surface area contributed by atoms with Gasteiger partial charge in [-0.05, 0) is 25.5 Å². The SMILES string of the molecule is CC[C@H](C)NC(=O)C[NH+](C)Cc1ccc(C(=O)NC)cc1. The predicted octanol–water partition coefficient (Wildman–Crippen LogP) is -0.0244. The third kappa shape index (κ3) is 5.95. The Labute approximate surface area is 126 Å². The van der Waals surface area contributed by atoms with Gasteiger partial charge in [-0.25, -0.2) is 0 Å². The van der Waals surface area contributed by atoms with Crippen LogP contribution in [0.2, 0.25) is 0 Å². The lowest BCUT2D eigenvalue weighted by Crippen LogP contribution is -3.09. The number of hydrogen-bond acceptors (Lipinski definition) is 2. The lowest BCUT2D eigenvalue weighted by Gasteiger charge is -2.16. The Balaban J connectivity index is 2.49. The summed E-state index contributed by atoms with van der Waals surface area (Å²) in [7, 11) is 3.60. The monoisotopic (exact) mass is 292 g/mol. The average molecular weight is 292 g/mol. The molecule has 0 heterocycles. The first-order valence-corrected chi connectivity index (χ1v) is 7.38. The number of rotatable bonds is 7. The lowest BCUT2D eigenvalue weighted by atomic mass is 10.1. The van der Waals surface area contributed by atoms with Crippen LogP contribution in [0.25, 0.3) is 0 Å². The van der Waals surface area contributed by atoms with Gasteiger partial charge in [-0.3, -0.25) is 9.59 Å². The van der Waals surface area contributed by atoms with Crippen LogP contribution in [0.15, 0.2) is 24.3 Å². The minimum absolute atomic E-state index is 0.0730. The Hall–Kier alpha value is -1.88. The van der Waals surface area contributed by atoms with Crippen molar-refractivity contribution in [2.24, 2.45) is 0 Å². The minimum atomic E-state index is -0.0878. The van der Waals surface area contributed by atoms with Crippen LogP contribution in [0.4, 0.5) is 0 Å². The van der Waals surface area contributed by atoms with Gasteiger partial charge in [0.1, 0.15) is 6.54 Å². The Morgan fingerprint density at radius 2 is 1.86 bits per heavy atom. The second-order valence-electron chi connectivity index (χ2n) is 5.46. The van der Waals surface area contributed by atoms with Crippen LogP contribution in [-0.2, 0) is 11.3 Å². The predicted molar refractivity (Wildman–Crippen MR) is 83.2 cm³/mol. The number of carbonyl (C=O) groups is 2. The summed E-state index contributed by atoms with van der Waals surface area (Å²) in [5.41, 5.74) is 1.75. The van der Waals surface area contributed by atoms with Crippen molar-refractivity contribution in [3.05, 3.63) is 35.4 Å². The third-order valence-corrected chi connectivity index (χ3v) is 3.43. The van der Waals surface area contributed by atoms with Gasteiger partial charge in [-0.1, -0.05) is 19.1 Å². The zero-order valence-electron chi connectivity index (χ0n) is 13.3. The Bertz CT molecular complexity index is 471. The van der Waals surface area contributed by atoms with Gasteiger partial charge in [0.25, 0.3) is 11.8 Å². The summed E-state index contributed by atoms with van der Waals surface area (Å²) < 4.78 is 0. The zero-order valence-corrected chi connectivity index (χ0v) is 13.3. The van der Waals surface area contributed by atoms with Crippen molar-refractivity contribution in [3.63, 3.8) is 0 Å². The molecule has 2 amide bonds. The first-order valence-electron chi connectivity index (χ1n) is 7.38. The largest absolute Gasteiger partial charge is 0.355 e. The fraction of sp³-hybridized carbons (Fsp3) is 0.500. The van der Waals surface area contributed by atoms with Crippen molar-refractivity contribution < 1.29 is 14.5 Å². The van der Waals surface area contributed by atoms with E-state index in [2.05, 4.69) is 17.6 Å². The second kappa shape index (κ2) is 8.42. The van der Waals surface area contributed by atoms with E-state index in [4.69, 9.17) is 0 Å². The molecule has 0 radical (unpaired) electrons. The Morgan fingerprint density at radius 1 is 1.24 bits per heavy atom. The van der Waals surface area contributed by atoms with Crippen molar-refractivity contribution in [2.75, 3.05) is 20.6 Å². The molecule has 0 fully saturated rings. The topological polar surface area (TPSA) is 62.6 Å². The molecule has 1 aromatic rings. The van der Waals surface area contributed by atoms with Crippen LogP contribution < -0.4 is 15.5 Å². The summed E-state index contributed by atoms with van der Waals surface area (Å²) in [4.78, 5) is 24.4. The summed E-state index contributed by atoms with van der Waals surface area (Å²) >= 11 is 0. The van der Waals surface area contributed by atoms with Crippen LogP contribution in [-0.4, -0.2) is 38.5 Å². The average Bonchev–Trinajstić information content (AvgIpc) is 2.46. The molecule has 1 unspecified atom stereocenters. The minimum Gasteiger partial charge on any atom is -0.355 e. The molecule has 0 aliphatic heterocycles. The number of quaternary nitrogens is 1.